The average molecular weight is 422 g/mol. The van der Waals surface area contributed by atoms with Gasteiger partial charge in [-0.1, -0.05) is 47.7 Å². The first-order valence-corrected chi connectivity index (χ1v) is 10.3. The summed E-state index contributed by atoms with van der Waals surface area (Å²) in [5.74, 6) is 2.36. The van der Waals surface area contributed by atoms with E-state index >= 15 is 0 Å². The number of benzene rings is 2. The van der Waals surface area contributed by atoms with Crippen molar-refractivity contribution in [3.05, 3.63) is 58.5 Å². The highest BCUT2D eigenvalue weighted by atomic mass is 32.1. The van der Waals surface area contributed by atoms with Crippen molar-refractivity contribution in [3.8, 4) is 23.5 Å². The lowest BCUT2D eigenvalue weighted by Crippen LogP contribution is -2.34. The van der Waals surface area contributed by atoms with Crippen LogP contribution < -0.4 is 10.6 Å². The molecule has 29 heavy (non-hydrogen) atoms. The van der Waals surface area contributed by atoms with Gasteiger partial charge in [0.25, 0.3) is 0 Å². The normalized spacial score (nSPS) is 11.7. The van der Waals surface area contributed by atoms with E-state index in [0.29, 0.717) is 10.1 Å². The van der Waals surface area contributed by atoms with Crippen LogP contribution in [-0.2, 0) is 0 Å². The van der Waals surface area contributed by atoms with Crippen molar-refractivity contribution in [3.63, 3.8) is 0 Å². The molecule has 0 aliphatic rings. The van der Waals surface area contributed by atoms with Crippen LogP contribution in [-0.4, -0.2) is 32.9 Å². The molecule has 2 aromatic carbocycles. The van der Waals surface area contributed by atoms with Crippen molar-refractivity contribution < 1.29 is 9.90 Å². The van der Waals surface area contributed by atoms with Gasteiger partial charge in [-0.3, -0.25) is 5.32 Å². The minimum absolute atomic E-state index is 0.247. The van der Waals surface area contributed by atoms with Gasteiger partial charge in [0, 0.05) is 5.56 Å². The van der Waals surface area contributed by atoms with Crippen molar-refractivity contribution in [2.75, 3.05) is 11.9 Å². The average Bonchev–Trinajstić information content (AvgIpc) is 3.41. The van der Waals surface area contributed by atoms with E-state index in [9.17, 15) is 9.90 Å². The molecule has 0 saturated heterocycles. The number of amides is 2. The Hall–Kier alpha value is -3.32. The van der Waals surface area contributed by atoms with Crippen LogP contribution in [0.1, 0.15) is 16.6 Å². The second-order valence-electron chi connectivity index (χ2n) is 6.02. The number of urea groups is 1. The number of carbonyl (C=O) groups is 1. The highest BCUT2D eigenvalue weighted by molar-refractivity contribution is 7.17. The summed E-state index contributed by atoms with van der Waals surface area (Å²) >= 11 is 2.69. The van der Waals surface area contributed by atoms with Crippen LogP contribution in [0.2, 0.25) is 0 Å². The fourth-order valence-electron chi connectivity index (χ4n) is 2.87. The number of hydrogen-bond donors (Lipinski definition) is 3. The molecule has 4 aromatic rings. The van der Waals surface area contributed by atoms with Crippen molar-refractivity contribution >= 4 is 44.1 Å². The van der Waals surface area contributed by atoms with Crippen LogP contribution in [0.15, 0.2) is 48.0 Å². The highest BCUT2D eigenvalue weighted by Gasteiger charge is 2.16. The van der Waals surface area contributed by atoms with Gasteiger partial charge in [0.15, 0.2) is 5.01 Å². The quantitative estimate of drug-likeness (QED) is 0.427. The summed E-state index contributed by atoms with van der Waals surface area (Å²) in [7, 11) is 0. The number of nitrogens with one attached hydrogen (secondary N) is 2. The number of nitrogens with zero attached hydrogens (tertiary/aromatic N) is 3. The molecule has 1 unspecified atom stereocenters. The Balaban J connectivity index is 1.48. The molecular weight excluding hydrogens is 406 g/mol. The maximum absolute atomic E-state index is 12.2. The van der Waals surface area contributed by atoms with Crippen LogP contribution in [0.25, 0.3) is 21.3 Å². The van der Waals surface area contributed by atoms with Gasteiger partial charge in [-0.25, -0.2) is 9.78 Å². The topological polar surface area (TPSA) is 100 Å². The second kappa shape index (κ2) is 8.36. The molecule has 4 rings (SSSR count). The van der Waals surface area contributed by atoms with Gasteiger partial charge in [-0.15, -0.1) is 28.0 Å². The Morgan fingerprint density at radius 2 is 2.03 bits per heavy atom. The van der Waals surface area contributed by atoms with E-state index in [1.54, 1.807) is 11.3 Å². The van der Waals surface area contributed by atoms with Crippen molar-refractivity contribution in [1.29, 1.82) is 0 Å². The number of aliphatic hydroxyl groups excluding tert-OH is 1. The summed E-state index contributed by atoms with van der Waals surface area (Å²) in [5, 5.41) is 23.2. The van der Waals surface area contributed by atoms with Crippen molar-refractivity contribution in [2.45, 2.75) is 6.04 Å². The summed E-state index contributed by atoms with van der Waals surface area (Å²) in [5.41, 5.74) is 5.72. The van der Waals surface area contributed by atoms with Gasteiger partial charge in [0.1, 0.15) is 0 Å². The van der Waals surface area contributed by atoms with E-state index in [1.165, 1.54) is 0 Å². The fourth-order valence-corrected chi connectivity index (χ4v) is 4.24. The molecule has 2 aromatic heterocycles. The zero-order valence-electron chi connectivity index (χ0n) is 15.0. The van der Waals surface area contributed by atoms with E-state index in [0.717, 1.165) is 38.2 Å². The first-order chi connectivity index (χ1) is 14.2. The van der Waals surface area contributed by atoms with Crippen LogP contribution in [0, 0.1) is 12.3 Å². The molecule has 1 atom stereocenters. The Labute approximate surface area is 174 Å². The molecule has 0 spiro atoms. The third-order valence-corrected chi connectivity index (χ3v) is 5.88. The van der Waals surface area contributed by atoms with E-state index in [-0.39, 0.29) is 6.61 Å². The number of aromatic nitrogens is 3. The predicted molar refractivity (Wildman–Crippen MR) is 115 cm³/mol. The lowest BCUT2D eigenvalue weighted by atomic mass is 10.0. The Morgan fingerprint density at radius 1 is 1.21 bits per heavy atom. The lowest BCUT2D eigenvalue weighted by molar-refractivity contribution is 0.225. The van der Waals surface area contributed by atoms with Gasteiger partial charge >= 0.3 is 6.03 Å². The number of anilines is 1. The molecule has 9 heteroatoms. The summed E-state index contributed by atoms with van der Waals surface area (Å²) in [6, 6.07) is 12.7. The smallest absolute Gasteiger partial charge is 0.321 e. The predicted octanol–water partition coefficient (Wildman–Crippen LogP) is 3.65. The van der Waals surface area contributed by atoms with Crippen LogP contribution in [0.3, 0.4) is 0 Å². The van der Waals surface area contributed by atoms with E-state index in [2.05, 4.69) is 37.8 Å². The molecule has 0 radical (unpaired) electrons. The number of thiazole rings is 1. The standard InChI is InChI=1S/C20H15N5O2S2/c1-2-17-24-25-20(29-17)23-19(27)22-16(10-26)13-8-6-12(7-9-13)14-4-3-5-15-18(14)28-11-21-15/h1,3-9,11,16,26H,10H2,(H2,22,23,25,27). The summed E-state index contributed by atoms with van der Waals surface area (Å²) < 4.78 is 1.12. The molecule has 0 fully saturated rings. The zero-order chi connectivity index (χ0) is 20.2. The van der Waals surface area contributed by atoms with Crippen LogP contribution in [0.4, 0.5) is 9.93 Å². The van der Waals surface area contributed by atoms with E-state index < -0.39 is 12.1 Å². The number of hydrogen-bond acceptors (Lipinski definition) is 7. The van der Waals surface area contributed by atoms with Crippen LogP contribution in [0.5, 0.6) is 0 Å². The highest BCUT2D eigenvalue weighted by Crippen LogP contribution is 2.31. The third kappa shape index (κ3) is 4.09. The maximum Gasteiger partial charge on any atom is 0.321 e. The summed E-state index contributed by atoms with van der Waals surface area (Å²) in [4.78, 5) is 16.6. The Kier molecular flexibility index (Phi) is 5.48. The van der Waals surface area contributed by atoms with E-state index in [1.807, 2.05) is 41.9 Å². The first-order valence-electron chi connectivity index (χ1n) is 8.59. The number of aliphatic hydroxyl groups is 1. The van der Waals surface area contributed by atoms with Crippen molar-refractivity contribution in [2.24, 2.45) is 0 Å². The number of carbonyl (C=O) groups excluding carboxylic acids is 1. The largest absolute Gasteiger partial charge is 0.394 e. The molecule has 0 saturated carbocycles. The molecular formula is C20H15N5O2S2. The molecule has 0 aliphatic heterocycles. The number of fused-ring (bicyclic) bond motifs is 1. The maximum atomic E-state index is 12.2. The number of rotatable bonds is 5. The molecule has 7 nitrogen and oxygen atoms in total. The minimum Gasteiger partial charge on any atom is -0.394 e. The summed E-state index contributed by atoms with van der Waals surface area (Å²) in [6.07, 6.45) is 5.24. The SMILES string of the molecule is C#Cc1nnc(NC(=O)NC(CO)c2ccc(-c3cccc4ncsc34)cc2)s1. The van der Waals surface area contributed by atoms with Gasteiger partial charge in [-0.05, 0) is 23.1 Å². The minimum atomic E-state index is -0.566. The molecule has 144 valence electrons. The fraction of sp³-hybridized carbons (Fsp3) is 0.100. The third-order valence-electron chi connectivity index (χ3n) is 4.24. The van der Waals surface area contributed by atoms with Gasteiger partial charge in [-0.2, -0.15) is 0 Å². The first kappa shape index (κ1) is 19.0. The Morgan fingerprint density at radius 3 is 2.76 bits per heavy atom. The number of terminal acetylenes is 1. The van der Waals surface area contributed by atoms with Crippen molar-refractivity contribution in [1.82, 2.24) is 20.5 Å². The van der Waals surface area contributed by atoms with Crippen LogP contribution >= 0.6 is 22.7 Å². The zero-order valence-corrected chi connectivity index (χ0v) is 16.6. The Bertz CT molecular complexity index is 1190. The second-order valence-corrected chi connectivity index (χ2v) is 7.85. The molecule has 2 heterocycles. The monoisotopic (exact) mass is 421 g/mol. The van der Waals surface area contributed by atoms with Gasteiger partial charge in [0.05, 0.1) is 28.4 Å². The molecule has 0 aliphatic carbocycles. The molecule has 2 amide bonds. The molecule has 0 bridgehead atoms. The molecule has 3 N–H and O–H groups in total. The van der Waals surface area contributed by atoms with Gasteiger partial charge in [0.2, 0.25) is 5.13 Å². The summed E-state index contributed by atoms with van der Waals surface area (Å²) in [6.45, 7) is -0.247. The van der Waals surface area contributed by atoms with Gasteiger partial charge < -0.3 is 10.4 Å². The van der Waals surface area contributed by atoms with E-state index in [4.69, 9.17) is 6.42 Å². The lowest BCUT2D eigenvalue weighted by Gasteiger charge is -2.17.